The van der Waals surface area contributed by atoms with Crippen molar-refractivity contribution in [2.45, 2.75) is 0 Å². The van der Waals surface area contributed by atoms with Crippen molar-refractivity contribution in [1.82, 2.24) is 0 Å². The Hall–Kier alpha value is -2.60. The standard InChI is InChI=1S/C18H18N4O.ClH/c23-16-22(20-14-18-9-5-2-6-10-18)12-11-21(15-22)19-13-17-7-3-1-4-8-17;/h1-15,23H,16H2;1H/q+2;. The number of hydrazone groups is 1. The van der Waals surface area contributed by atoms with Crippen molar-refractivity contribution >= 4 is 31.2 Å². The Balaban J connectivity index is 0.00000208. The number of halogens is 1. The minimum Gasteiger partial charge on any atom is -0.345 e. The van der Waals surface area contributed by atoms with Crippen molar-refractivity contribution in [2.24, 2.45) is 10.2 Å². The molecule has 0 spiro atoms. The van der Waals surface area contributed by atoms with Gasteiger partial charge in [0.2, 0.25) is 12.9 Å². The second kappa shape index (κ2) is 8.31. The van der Waals surface area contributed by atoms with Crippen LogP contribution in [0, 0.1) is 0 Å². The Kier molecular flexibility index (Phi) is 6.14. The molecule has 1 heterocycles. The van der Waals surface area contributed by atoms with Crippen LogP contribution in [0.5, 0.6) is 0 Å². The van der Waals surface area contributed by atoms with Gasteiger partial charge in [0, 0.05) is 5.10 Å². The maximum atomic E-state index is 9.70. The lowest BCUT2D eigenvalue weighted by molar-refractivity contribution is -0.818. The molecule has 0 radical (unpaired) electrons. The number of aliphatic hydroxyl groups is 1. The van der Waals surface area contributed by atoms with E-state index >= 15 is 0 Å². The lowest BCUT2D eigenvalue weighted by Gasteiger charge is -2.11. The van der Waals surface area contributed by atoms with Gasteiger partial charge in [-0.3, -0.25) is 0 Å². The molecule has 3 rings (SSSR count). The molecule has 1 aliphatic rings. The molecule has 1 N–H and O–H groups in total. The molecule has 0 fully saturated rings. The molecule has 0 saturated heterocycles. The molecule has 122 valence electrons. The second-order valence-corrected chi connectivity index (χ2v) is 5.13. The molecule has 6 heteroatoms. The lowest BCUT2D eigenvalue weighted by atomic mass is 10.2. The largest absolute Gasteiger partial charge is 0.396 e. The van der Waals surface area contributed by atoms with Gasteiger partial charge in [0.25, 0.3) is 6.20 Å². The maximum Gasteiger partial charge on any atom is 0.396 e. The summed E-state index contributed by atoms with van der Waals surface area (Å²) < 4.78 is 1.60. The zero-order chi connectivity index (χ0) is 16.0. The van der Waals surface area contributed by atoms with Gasteiger partial charge in [-0.25, -0.2) is 0 Å². The summed E-state index contributed by atoms with van der Waals surface area (Å²) in [6, 6.07) is 19.6. The third kappa shape index (κ3) is 4.45. The summed E-state index contributed by atoms with van der Waals surface area (Å²) in [4.78, 5) is 0. The first-order valence-corrected chi connectivity index (χ1v) is 7.31. The highest BCUT2D eigenvalue weighted by atomic mass is 35.5. The summed E-state index contributed by atoms with van der Waals surface area (Å²) in [5, 5.41) is 18.5. The fourth-order valence-electron chi connectivity index (χ4n) is 2.11. The Morgan fingerprint density at radius 3 is 2.08 bits per heavy atom. The van der Waals surface area contributed by atoms with E-state index in [4.69, 9.17) is 0 Å². The normalized spacial score (nSPS) is 19.6. The van der Waals surface area contributed by atoms with Crippen LogP contribution in [0.25, 0.3) is 0 Å². The first-order chi connectivity index (χ1) is 11.3. The molecule has 0 bridgehead atoms. The molecule has 0 saturated carbocycles. The smallest absolute Gasteiger partial charge is 0.345 e. The highest BCUT2D eigenvalue weighted by molar-refractivity contribution is 5.85. The highest BCUT2D eigenvalue weighted by Gasteiger charge is 2.34. The number of hydrogen-bond donors (Lipinski definition) is 1. The zero-order valence-corrected chi connectivity index (χ0v) is 13.8. The minimum atomic E-state index is -0.169. The van der Waals surface area contributed by atoms with Crippen molar-refractivity contribution in [3.8, 4) is 0 Å². The molecule has 24 heavy (non-hydrogen) atoms. The van der Waals surface area contributed by atoms with Crippen LogP contribution in [0.2, 0.25) is 0 Å². The van der Waals surface area contributed by atoms with E-state index in [2.05, 4.69) is 10.2 Å². The number of hydrogen-bond acceptors (Lipinski definition) is 3. The van der Waals surface area contributed by atoms with E-state index in [9.17, 15) is 5.11 Å². The van der Waals surface area contributed by atoms with Gasteiger partial charge in [0.1, 0.15) is 6.21 Å². The fraction of sp³-hybridized carbons (Fsp3) is 0.0556. The average Bonchev–Trinajstić information content (AvgIpc) is 3.04. The molecule has 2 aromatic carbocycles. The van der Waals surface area contributed by atoms with E-state index < -0.39 is 0 Å². The Labute approximate surface area is 147 Å². The van der Waals surface area contributed by atoms with Crippen molar-refractivity contribution in [1.29, 1.82) is 0 Å². The van der Waals surface area contributed by atoms with E-state index in [0.29, 0.717) is 0 Å². The number of quaternary nitrogens is 1. The predicted octanol–water partition coefficient (Wildman–Crippen LogP) is 2.77. The molecular formula is C18H19ClN4O+2. The van der Waals surface area contributed by atoms with Crippen LogP contribution in [0.4, 0.5) is 0 Å². The molecule has 2 aromatic rings. The quantitative estimate of drug-likeness (QED) is 0.507. The van der Waals surface area contributed by atoms with Gasteiger partial charge in [0.15, 0.2) is 0 Å². The minimum absolute atomic E-state index is 0. The summed E-state index contributed by atoms with van der Waals surface area (Å²) in [7, 11) is 0. The number of rotatable bonds is 5. The molecular weight excluding hydrogens is 324 g/mol. The van der Waals surface area contributed by atoms with E-state index in [0.717, 1.165) is 11.1 Å². The van der Waals surface area contributed by atoms with Crippen LogP contribution in [0.1, 0.15) is 11.1 Å². The predicted molar refractivity (Wildman–Crippen MR) is 98.1 cm³/mol. The van der Waals surface area contributed by atoms with E-state index in [1.165, 1.54) is 0 Å². The fourth-order valence-corrected chi connectivity index (χ4v) is 2.11. The van der Waals surface area contributed by atoms with Crippen LogP contribution in [-0.2, 0) is 0 Å². The van der Waals surface area contributed by atoms with Crippen LogP contribution in [-0.4, -0.2) is 39.9 Å². The first kappa shape index (κ1) is 17.7. The van der Waals surface area contributed by atoms with Crippen LogP contribution < -0.4 is 0 Å². The summed E-state index contributed by atoms with van der Waals surface area (Å²) in [5.74, 6) is 0. The molecule has 5 nitrogen and oxygen atoms in total. The first-order valence-electron chi connectivity index (χ1n) is 7.31. The molecule has 0 aromatic heterocycles. The molecule has 0 amide bonds. The summed E-state index contributed by atoms with van der Waals surface area (Å²) in [6.07, 6.45) is 8.79. The molecule has 0 aliphatic carbocycles. The summed E-state index contributed by atoms with van der Waals surface area (Å²) >= 11 is 0. The van der Waals surface area contributed by atoms with E-state index in [1.54, 1.807) is 35.9 Å². The van der Waals surface area contributed by atoms with E-state index in [-0.39, 0.29) is 23.7 Å². The third-order valence-corrected chi connectivity index (χ3v) is 3.38. The zero-order valence-electron chi connectivity index (χ0n) is 13.0. The van der Waals surface area contributed by atoms with Gasteiger partial charge in [-0.15, -0.1) is 12.4 Å². The molecule has 1 aliphatic heterocycles. The molecule has 1 unspecified atom stereocenters. The van der Waals surface area contributed by atoms with Gasteiger partial charge in [-0.1, -0.05) is 70.4 Å². The van der Waals surface area contributed by atoms with Crippen LogP contribution in [0.3, 0.4) is 0 Å². The summed E-state index contributed by atoms with van der Waals surface area (Å²) in [5.41, 5.74) is 1.99. The maximum absolute atomic E-state index is 9.70. The van der Waals surface area contributed by atoms with Gasteiger partial charge in [-0.2, -0.15) is 0 Å². The third-order valence-electron chi connectivity index (χ3n) is 3.38. The van der Waals surface area contributed by atoms with Gasteiger partial charge >= 0.3 is 6.34 Å². The van der Waals surface area contributed by atoms with Crippen molar-refractivity contribution in [3.63, 3.8) is 0 Å². The second-order valence-electron chi connectivity index (χ2n) is 5.13. The van der Waals surface area contributed by atoms with Crippen molar-refractivity contribution in [2.75, 3.05) is 6.73 Å². The van der Waals surface area contributed by atoms with Gasteiger partial charge in [-0.05, 0) is 15.8 Å². The average molecular weight is 343 g/mol. The molecule has 1 atom stereocenters. The van der Waals surface area contributed by atoms with E-state index in [1.807, 2.05) is 60.7 Å². The van der Waals surface area contributed by atoms with Gasteiger partial charge < -0.3 is 5.11 Å². The Morgan fingerprint density at radius 2 is 1.50 bits per heavy atom. The topological polar surface area (TPSA) is 48.0 Å². The Morgan fingerprint density at radius 1 is 0.917 bits per heavy atom. The number of aliphatic hydroxyl groups excluding tert-OH is 1. The van der Waals surface area contributed by atoms with Crippen LogP contribution in [0.15, 0.2) is 83.3 Å². The highest BCUT2D eigenvalue weighted by Crippen LogP contribution is 2.11. The lowest BCUT2D eigenvalue weighted by Crippen LogP contribution is -2.36. The summed E-state index contributed by atoms with van der Waals surface area (Å²) in [6.45, 7) is -0.169. The number of nitrogens with zero attached hydrogens (tertiary/aromatic N) is 4. The number of benzene rings is 2. The van der Waals surface area contributed by atoms with Crippen molar-refractivity contribution in [3.05, 3.63) is 84.2 Å². The van der Waals surface area contributed by atoms with Gasteiger partial charge in [0.05, 0.1) is 6.21 Å². The monoisotopic (exact) mass is 342 g/mol. The van der Waals surface area contributed by atoms with Crippen molar-refractivity contribution < 1.29 is 14.4 Å². The Bertz CT molecular complexity index is 772. The SMILES string of the molecule is Cl.OC[N+]1(N=Cc2ccccc2)C=C[N+](N=Cc2ccccc2)=C1. The van der Waals surface area contributed by atoms with Crippen LogP contribution >= 0.6 is 12.4 Å².